The third kappa shape index (κ3) is 6.77. The van der Waals surface area contributed by atoms with Crippen molar-refractivity contribution in [3.63, 3.8) is 0 Å². The number of benzene rings is 1. The van der Waals surface area contributed by atoms with Gasteiger partial charge in [0.05, 0.1) is 30.6 Å². The van der Waals surface area contributed by atoms with Crippen LogP contribution in [0, 0.1) is 5.92 Å². The average molecular weight is 469 g/mol. The van der Waals surface area contributed by atoms with Crippen LogP contribution in [0.2, 0.25) is 0 Å². The zero-order valence-electron chi connectivity index (χ0n) is 20.6. The molecule has 1 aromatic carbocycles. The number of pyridine rings is 1. The predicted octanol–water partition coefficient (Wildman–Crippen LogP) is 2.86. The number of aliphatic hydroxyl groups excluding tert-OH is 1. The van der Waals surface area contributed by atoms with Gasteiger partial charge in [0, 0.05) is 6.20 Å². The SMILES string of the molecule is CC(C)C1NC([C@H](O)[C@H](Cc2ccccc2)NC(=O)OC(C)(C)C)C(=O)N1Cc1ccccn1. The van der Waals surface area contributed by atoms with Crippen molar-refractivity contribution in [2.45, 2.75) is 77.5 Å². The number of ether oxygens (including phenoxy) is 1. The Morgan fingerprint density at radius 2 is 1.85 bits per heavy atom. The number of alkyl carbamates (subject to hydrolysis) is 1. The first-order chi connectivity index (χ1) is 16.0. The minimum atomic E-state index is -1.17. The molecule has 184 valence electrons. The monoisotopic (exact) mass is 468 g/mol. The smallest absolute Gasteiger partial charge is 0.407 e. The Morgan fingerprint density at radius 1 is 1.18 bits per heavy atom. The van der Waals surface area contributed by atoms with Gasteiger partial charge in [-0.05, 0) is 50.8 Å². The predicted molar refractivity (Wildman–Crippen MR) is 130 cm³/mol. The number of carbonyl (C=O) groups excluding carboxylic acids is 2. The number of amides is 2. The molecule has 0 radical (unpaired) electrons. The fourth-order valence-corrected chi connectivity index (χ4v) is 4.12. The van der Waals surface area contributed by atoms with Crippen LogP contribution in [0.4, 0.5) is 4.79 Å². The van der Waals surface area contributed by atoms with Crippen LogP contribution in [0.3, 0.4) is 0 Å². The summed E-state index contributed by atoms with van der Waals surface area (Å²) in [5.74, 6) is -0.114. The molecule has 8 nitrogen and oxygen atoms in total. The molecule has 8 heteroatoms. The van der Waals surface area contributed by atoms with E-state index in [1.807, 2.05) is 62.4 Å². The van der Waals surface area contributed by atoms with E-state index < -0.39 is 29.9 Å². The molecule has 2 aromatic rings. The van der Waals surface area contributed by atoms with E-state index in [0.29, 0.717) is 13.0 Å². The van der Waals surface area contributed by atoms with Gasteiger partial charge in [-0.25, -0.2) is 4.79 Å². The van der Waals surface area contributed by atoms with Crippen LogP contribution in [0.25, 0.3) is 0 Å². The molecule has 0 saturated carbocycles. The van der Waals surface area contributed by atoms with Crippen molar-refractivity contribution in [2.75, 3.05) is 0 Å². The van der Waals surface area contributed by atoms with Gasteiger partial charge in [0.25, 0.3) is 0 Å². The van der Waals surface area contributed by atoms with E-state index >= 15 is 0 Å². The maximum Gasteiger partial charge on any atom is 0.407 e. The summed E-state index contributed by atoms with van der Waals surface area (Å²) in [5.41, 5.74) is 1.01. The molecule has 2 heterocycles. The lowest BCUT2D eigenvalue weighted by atomic mass is 9.96. The van der Waals surface area contributed by atoms with E-state index in [2.05, 4.69) is 15.6 Å². The van der Waals surface area contributed by atoms with Gasteiger partial charge in [-0.3, -0.25) is 15.1 Å². The molecular formula is C26H36N4O4. The second kappa shape index (κ2) is 11.0. The van der Waals surface area contributed by atoms with E-state index in [4.69, 9.17) is 4.74 Å². The Kier molecular flexibility index (Phi) is 8.28. The largest absolute Gasteiger partial charge is 0.444 e. The van der Waals surface area contributed by atoms with E-state index in [1.54, 1.807) is 31.9 Å². The summed E-state index contributed by atoms with van der Waals surface area (Å²) >= 11 is 0. The lowest BCUT2D eigenvalue weighted by Crippen LogP contribution is -2.55. The number of hydrogen-bond donors (Lipinski definition) is 3. The summed E-state index contributed by atoms with van der Waals surface area (Å²) in [5, 5.41) is 17.5. The Morgan fingerprint density at radius 3 is 2.44 bits per heavy atom. The second-order valence-corrected chi connectivity index (χ2v) is 10.1. The first-order valence-corrected chi connectivity index (χ1v) is 11.7. The number of nitrogens with zero attached hydrogens (tertiary/aromatic N) is 2. The van der Waals surface area contributed by atoms with Gasteiger partial charge in [-0.2, -0.15) is 0 Å². The lowest BCUT2D eigenvalue weighted by Gasteiger charge is -2.29. The van der Waals surface area contributed by atoms with Gasteiger partial charge < -0.3 is 20.1 Å². The Labute approximate surface area is 201 Å². The summed E-state index contributed by atoms with van der Waals surface area (Å²) in [6.45, 7) is 9.71. The molecule has 1 fully saturated rings. The van der Waals surface area contributed by atoms with Gasteiger partial charge in [-0.15, -0.1) is 0 Å². The van der Waals surface area contributed by atoms with Crippen molar-refractivity contribution < 1.29 is 19.4 Å². The molecular weight excluding hydrogens is 432 g/mol. The third-order valence-electron chi connectivity index (χ3n) is 5.68. The van der Waals surface area contributed by atoms with Crippen molar-refractivity contribution in [2.24, 2.45) is 5.92 Å². The number of hydrogen-bond acceptors (Lipinski definition) is 6. The lowest BCUT2D eigenvalue weighted by molar-refractivity contribution is -0.133. The topological polar surface area (TPSA) is 104 Å². The van der Waals surface area contributed by atoms with Crippen LogP contribution >= 0.6 is 0 Å². The molecule has 1 aliphatic heterocycles. The highest BCUT2D eigenvalue weighted by Crippen LogP contribution is 2.23. The van der Waals surface area contributed by atoms with Crippen LogP contribution < -0.4 is 10.6 Å². The Hall–Kier alpha value is -2.97. The van der Waals surface area contributed by atoms with Gasteiger partial charge in [0.1, 0.15) is 11.6 Å². The molecule has 2 amide bonds. The highest BCUT2D eigenvalue weighted by Gasteiger charge is 2.46. The van der Waals surface area contributed by atoms with Crippen molar-refractivity contribution in [1.82, 2.24) is 20.5 Å². The van der Waals surface area contributed by atoms with Gasteiger partial charge >= 0.3 is 6.09 Å². The number of aliphatic hydroxyl groups is 1. The van der Waals surface area contributed by atoms with Crippen molar-refractivity contribution in [1.29, 1.82) is 0 Å². The van der Waals surface area contributed by atoms with Crippen molar-refractivity contribution in [3.05, 3.63) is 66.0 Å². The molecule has 0 spiro atoms. The highest BCUT2D eigenvalue weighted by molar-refractivity contribution is 5.85. The molecule has 1 aliphatic rings. The molecule has 0 bridgehead atoms. The number of nitrogens with one attached hydrogen (secondary N) is 2. The first-order valence-electron chi connectivity index (χ1n) is 11.7. The van der Waals surface area contributed by atoms with E-state index in [1.165, 1.54) is 0 Å². The molecule has 4 atom stereocenters. The molecule has 34 heavy (non-hydrogen) atoms. The first kappa shape index (κ1) is 25.6. The number of rotatable bonds is 8. The van der Waals surface area contributed by atoms with Gasteiger partial charge in [0.15, 0.2) is 0 Å². The minimum absolute atomic E-state index is 0.108. The maximum absolute atomic E-state index is 13.5. The summed E-state index contributed by atoms with van der Waals surface area (Å²) in [7, 11) is 0. The number of carbonyl (C=O) groups is 2. The Bertz CT molecular complexity index is 946. The van der Waals surface area contributed by atoms with Crippen LogP contribution in [0.1, 0.15) is 45.9 Å². The quantitative estimate of drug-likeness (QED) is 0.550. The normalized spacial score (nSPS) is 20.3. The zero-order chi connectivity index (χ0) is 24.9. The fourth-order valence-electron chi connectivity index (χ4n) is 4.12. The molecule has 1 saturated heterocycles. The zero-order valence-corrected chi connectivity index (χ0v) is 20.6. The van der Waals surface area contributed by atoms with E-state index in [-0.39, 0.29) is 18.0 Å². The maximum atomic E-state index is 13.5. The summed E-state index contributed by atoms with van der Waals surface area (Å²) in [6, 6.07) is 13.5. The van der Waals surface area contributed by atoms with E-state index in [9.17, 15) is 14.7 Å². The van der Waals surface area contributed by atoms with E-state index in [0.717, 1.165) is 11.3 Å². The van der Waals surface area contributed by atoms with Gasteiger partial charge in [0.2, 0.25) is 5.91 Å². The minimum Gasteiger partial charge on any atom is -0.444 e. The molecule has 2 unspecified atom stereocenters. The van der Waals surface area contributed by atoms with Crippen molar-refractivity contribution >= 4 is 12.0 Å². The standard InChI is InChI=1S/C26H36N4O4/c1-17(2)23-29-21(24(32)30(23)16-19-13-9-10-14-27-19)22(31)20(15-18-11-7-6-8-12-18)28-25(33)34-26(3,4)5/h6-14,17,20-23,29,31H,15-16H2,1-5H3,(H,28,33)/t20-,21?,22+,23?/m0/s1. The summed E-state index contributed by atoms with van der Waals surface area (Å²) < 4.78 is 5.42. The summed E-state index contributed by atoms with van der Waals surface area (Å²) in [6.07, 6.45) is -0.0353. The molecule has 0 aliphatic carbocycles. The molecule has 3 rings (SSSR count). The second-order valence-electron chi connectivity index (χ2n) is 10.1. The highest BCUT2D eigenvalue weighted by atomic mass is 16.6. The van der Waals surface area contributed by atoms with Gasteiger partial charge in [-0.1, -0.05) is 50.2 Å². The van der Waals surface area contributed by atoms with Crippen LogP contribution in [0.5, 0.6) is 0 Å². The third-order valence-corrected chi connectivity index (χ3v) is 5.68. The molecule has 1 aromatic heterocycles. The average Bonchev–Trinajstić information content (AvgIpc) is 3.09. The van der Waals surface area contributed by atoms with Crippen LogP contribution in [-0.4, -0.2) is 56.9 Å². The Balaban J connectivity index is 1.82. The fraction of sp³-hybridized carbons (Fsp3) is 0.500. The van der Waals surface area contributed by atoms with Crippen LogP contribution in [0.15, 0.2) is 54.7 Å². The summed E-state index contributed by atoms with van der Waals surface area (Å²) in [4.78, 5) is 32.1. The van der Waals surface area contributed by atoms with Crippen LogP contribution in [-0.2, 0) is 22.5 Å². The molecule has 3 N–H and O–H groups in total. The number of aromatic nitrogens is 1. The van der Waals surface area contributed by atoms with Crippen molar-refractivity contribution in [3.8, 4) is 0 Å².